The summed E-state index contributed by atoms with van der Waals surface area (Å²) >= 11 is 0. The van der Waals surface area contributed by atoms with Gasteiger partial charge >= 0.3 is 0 Å². The molecule has 3 heteroatoms. The third-order valence-corrected chi connectivity index (χ3v) is 1.72. The molecule has 0 heterocycles. The van der Waals surface area contributed by atoms with Crippen LogP contribution in [0.3, 0.4) is 0 Å². The topological polar surface area (TPSA) is 49.3 Å². The number of aliphatic hydroxyl groups excluding tert-OH is 1. The van der Waals surface area contributed by atoms with E-state index in [4.69, 9.17) is 5.11 Å². The van der Waals surface area contributed by atoms with Gasteiger partial charge in [-0.05, 0) is 12.1 Å². The van der Waals surface area contributed by atoms with Crippen molar-refractivity contribution in [1.82, 2.24) is 0 Å². The highest BCUT2D eigenvalue weighted by molar-refractivity contribution is 5.91. The van der Waals surface area contributed by atoms with Gasteiger partial charge in [0, 0.05) is 5.69 Å². The fourth-order valence-corrected chi connectivity index (χ4v) is 1.01. The number of anilines is 1. The van der Waals surface area contributed by atoms with E-state index >= 15 is 0 Å². The zero-order valence-corrected chi connectivity index (χ0v) is 7.81. The molecule has 0 bridgehead atoms. The number of rotatable bonds is 4. The molecule has 0 saturated carbocycles. The summed E-state index contributed by atoms with van der Waals surface area (Å²) in [5, 5.41) is 11.8. The van der Waals surface area contributed by atoms with E-state index in [1.54, 1.807) is 12.1 Å². The Bertz CT molecular complexity index is 308. The standard InChI is InChI=1S/C11H13NO2/c1-2-10(13)8-11(14)12-9-6-4-3-5-7-9/h2-7,10,13H,1,8H2,(H,12,14). The minimum absolute atomic E-state index is 0.0401. The molecule has 3 nitrogen and oxygen atoms in total. The second-order valence-corrected chi connectivity index (χ2v) is 2.92. The first-order valence-corrected chi connectivity index (χ1v) is 4.38. The Morgan fingerprint density at radius 3 is 2.71 bits per heavy atom. The first kappa shape index (κ1) is 10.5. The minimum Gasteiger partial charge on any atom is -0.389 e. The fourth-order valence-electron chi connectivity index (χ4n) is 1.01. The Hall–Kier alpha value is -1.61. The maximum absolute atomic E-state index is 11.3. The van der Waals surface area contributed by atoms with Gasteiger partial charge in [0.05, 0.1) is 12.5 Å². The summed E-state index contributed by atoms with van der Waals surface area (Å²) < 4.78 is 0. The molecule has 2 N–H and O–H groups in total. The van der Waals surface area contributed by atoms with Crippen LogP contribution in [-0.4, -0.2) is 17.1 Å². The van der Waals surface area contributed by atoms with Gasteiger partial charge in [-0.1, -0.05) is 24.3 Å². The molecule has 0 aliphatic carbocycles. The molecular formula is C11H13NO2. The van der Waals surface area contributed by atoms with Crippen LogP contribution in [0.5, 0.6) is 0 Å². The molecule has 74 valence electrons. The third-order valence-electron chi connectivity index (χ3n) is 1.72. The highest BCUT2D eigenvalue weighted by Crippen LogP contribution is 2.06. The molecule has 0 saturated heterocycles. The predicted octanol–water partition coefficient (Wildman–Crippen LogP) is 1.56. The van der Waals surface area contributed by atoms with Crippen molar-refractivity contribution in [3.8, 4) is 0 Å². The highest BCUT2D eigenvalue weighted by Gasteiger charge is 2.06. The fraction of sp³-hybridized carbons (Fsp3) is 0.182. The molecule has 1 amide bonds. The lowest BCUT2D eigenvalue weighted by Crippen LogP contribution is -2.17. The second-order valence-electron chi connectivity index (χ2n) is 2.92. The predicted molar refractivity (Wildman–Crippen MR) is 55.9 cm³/mol. The first-order chi connectivity index (χ1) is 6.72. The van der Waals surface area contributed by atoms with Crippen molar-refractivity contribution in [2.75, 3.05) is 5.32 Å². The van der Waals surface area contributed by atoms with Crippen molar-refractivity contribution < 1.29 is 9.90 Å². The molecule has 1 aromatic carbocycles. The largest absolute Gasteiger partial charge is 0.389 e. The smallest absolute Gasteiger partial charge is 0.227 e. The molecule has 0 aliphatic rings. The summed E-state index contributed by atoms with van der Waals surface area (Å²) in [6.07, 6.45) is 0.599. The van der Waals surface area contributed by atoms with Crippen LogP contribution in [0, 0.1) is 0 Å². The van der Waals surface area contributed by atoms with E-state index in [-0.39, 0.29) is 12.3 Å². The number of amides is 1. The second kappa shape index (κ2) is 5.19. The molecule has 0 aromatic heterocycles. The Balaban J connectivity index is 2.46. The van der Waals surface area contributed by atoms with Crippen LogP contribution >= 0.6 is 0 Å². The van der Waals surface area contributed by atoms with Crippen LogP contribution in [0.25, 0.3) is 0 Å². The average molecular weight is 191 g/mol. The van der Waals surface area contributed by atoms with Crippen LogP contribution in [0.15, 0.2) is 43.0 Å². The van der Waals surface area contributed by atoms with Crippen molar-refractivity contribution >= 4 is 11.6 Å². The van der Waals surface area contributed by atoms with Gasteiger partial charge in [-0.15, -0.1) is 6.58 Å². The van der Waals surface area contributed by atoms with Gasteiger partial charge in [0.25, 0.3) is 0 Å². The van der Waals surface area contributed by atoms with E-state index in [1.165, 1.54) is 6.08 Å². The summed E-state index contributed by atoms with van der Waals surface area (Å²) in [5.41, 5.74) is 0.730. The molecular weight excluding hydrogens is 178 g/mol. The molecule has 0 spiro atoms. The molecule has 1 aromatic rings. The molecule has 0 radical (unpaired) electrons. The Morgan fingerprint density at radius 1 is 1.50 bits per heavy atom. The maximum atomic E-state index is 11.3. The summed E-state index contributed by atoms with van der Waals surface area (Å²) in [6.45, 7) is 3.39. The molecule has 1 unspecified atom stereocenters. The highest BCUT2D eigenvalue weighted by atomic mass is 16.3. The summed E-state index contributed by atoms with van der Waals surface area (Å²) in [6, 6.07) is 9.11. The average Bonchev–Trinajstić information content (AvgIpc) is 2.19. The van der Waals surface area contributed by atoms with E-state index in [0.29, 0.717) is 0 Å². The van der Waals surface area contributed by atoms with E-state index < -0.39 is 6.10 Å². The van der Waals surface area contributed by atoms with Gasteiger partial charge in [0.2, 0.25) is 5.91 Å². The lowest BCUT2D eigenvalue weighted by atomic mass is 10.2. The van der Waals surface area contributed by atoms with Crippen LogP contribution in [0.4, 0.5) is 5.69 Å². The molecule has 1 rings (SSSR count). The van der Waals surface area contributed by atoms with Crippen molar-refractivity contribution in [2.45, 2.75) is 12.5 Å². The summed E-state index contributed by atoms with van der Waals surface area (Å²) in [7, 11) is 0. The van der Waals surface area contributed by atoms with E-state index in [9.17, 15) is 4.79 Å². The van der Waals surface area contributed by atoms with Crippen LogP contribution in [0.2, 0.25) is 0 Å². The number of aliphatic hydroxyl groups is 1. The maximum Gasteiger partial charge on any atom is 0.227 e. The zero-order valence-electron chi connectivity index (χ0n) is 7.81. The van der Waals surface area contributed by atoms with E-state index in [0.717, 1.165) is 5.69 Å². The third kappa shape index (κ3) is 3.41. The van der Waals surface area contributed by atoms with Gasteiger partial charge in [-0.2, -0.15) is 0 Å². The van der Waals surface area contributed by atoms with Crippen molar-refractivity contribution in [1.29, 1.82) is 0 Å². The number of nitrogens with one attached hydrogen (secondary N) is 1. The van der Waals surface area contributed by atoms with Crippen molar-refractivity contribution in [2.24, 2.45) is 0 Å². The van der Waals surface area contributed by atoms with E-state index in [2.05, 4.69) is 11.9 Å². The quantitative estimate of drug-likeness (QED) is 0.709. The minimum atomic E-state index is -0.779. The molecule has 1 atom stereocenters. The summed E-state index contributed by atoms with van der Waals surface area (Å²) in [4.78, 5) is 11.3. The Morgan fingerprint density at radius 2 is 2.14 bits per heavy atom. The number of benzene rings is 1. The Labute approximate surface area is 83.1 Å². The normalized spacial score (nSPS) is 11.8. The van der Waals surface area contributed by atoms with Gasteiger partial charge in [0.1, 0.15) is 0 Å². The zero-order chi connectivity index (χ0) is 10.4. The van der Waals surface area contributed by atoms with Gasteiger partial charge in [-0.3, -0.25) is 4.79 Å². The summed E-state index contributed by atoms with van der Waals surface area (Å²) in [5.74, 6) is -0.219. The monoisotopic (exact) mass is 191 g/mol. The van der Waals surface area contributed by atoms with Crippen LogP contribution in [0.1, 0.15) is 6.42 Å². The molecule has 0 aliphatic heterocycles. The van der Waals surface area contributed by atoms with E-state index in [1.807, 2.05) is 18.2 Å². The number of para-hydroxylation sites is 1. The SMILES string of the molecule is C=CC(O)CC(=O)Nc1ccccc1. The lowest BCUT2D eigenvalue weighted by Gasteiger charge is -2.06. The number of hydrogen-bond donors (Lipinski definition) is 2. The van der Waals surface area contributed by atoms with Gasteiger partial charge < -0.3 is 10.4 Å². The number of carbonyl (C=O) groups excluding carboxylic acids is 1. The van der Waals surface area contributed by atoms with Gasteiger partial charge in [0.15, 0.2) is 0 Å². The molecule has 14 heavy (non-hydrogen) atoms. The van der Waals surface area contributed by atoms with Crippen molar-refractivity contribution in [3.05, 3.63) is 43.0 Å². The van der Waals surface area contributed by atoms with Crippen LogP contribution < -0.4 is 5.32 Å². The van der Waals surface area contributed by atoms with Crippen molar-refractivity contribution in [3.63, 3.8) is 0 Å². The van der Waals surface area contributed by atoms with Crippen LogP contribution in [-0.2, 0) is 4.79 Å². The molecule has 0 fully saturated rings. The lowest BCUT2D eigenvalue weighted by molar-refractivity contribution is -0.117. The number of hydrogen-bond acceptors (Lipinski definition) is 2. The first-order valence-electron chi connectivity index (χ1n) is 4.38. The number of carbonyl (C=O) groups is 1. The van der Waals surface area contributed by atoms with Gasteiger partial charge in [-0.25, -0.2) is 0 Å². The Kier molecular flexibility index (Phi) is 3.88.